The predicted molar refractivity (Wildman–Crippen MR) is 118 cm³/mol. The summed E-state index contributed by atoms with van der Waals surface area (Å²) in [6.07, 6.45) is 8.11. The van der Waals surface area contributed by atoms with Gasteiger partial charge in [-0.25, -0.2) is 10.4 Å². The van der Waals surface area contributed by atoms with E-state index in [0.29, 0.717) is 11.5 Å². The Morgan fingerprint density at radius 1 is 1.14 bits per heavy atom. The van der Waals surface area contributed by atoms with Crippen molar-refractivity contribution >= 4 is 45.4 Å². The van der Waals surface area contributed by atoms with E-state index >= 15 is 0 Å². The Labute approximate surface area is 173 Å². The Hall–Kier alpha value is -2.18. The van der Waals surface area contributed by atoms with Crippen LogP contribution in [0.15, 0.2) is 58.0 Å². The summed E-state index contributed by atoms with van der Waals surface area (Å²) in [7, 11) is 0. The average molecular weight is 410 g/mol. The number of thioether (sulfide) groups is 1. The molecule has 0 spiro atoms. The zero-order valence-electron chi connectivity index (χ0n) is 15.6. The van der Waals surface area contributed by atoms with Gasteiger partial charge in [0.15, 0.2) is 4.34 Å². The van der Waals surface area contributed by atoms with Gasteiger partial charge >= 0.3 is 0 Å². The molecule has 2 aromatic carbocycles. The fraction of sp³-hybridized carbons (Fsp3) is 0.318. The minimum absolute atomic E-state index is 0.155. The van der Waals surface area contributed by atoms with Crippen molar-refractivity contribution in [3.05, 3.63) is 59.7 Å². The summed E-state index contributed by atoms with van der Waals surface area (Å²) in [5.41, 5.74) is 5.51. The topological polar surface area (TPSA) is 54.4 Å². The zero-order valence-corrected chi connectivity index (χ0v) is 17.3. The summed E-state index contributed by atoms with van der Waals surface area (Å²) in [6, 6.07) is 15.9. The number of hydrazone groups is 1. The third kappa shape index (κ3) is 5.00. The van der Waals surface area contributed by atoms with Crippen LogP contribution in [-0.2, 0) is 5.75 Å². The van der Waals surface area contributed by atoms with Gasteiger partial charge in [-0.3, -0.25) is 4.79 Å². The van der Waals surface area contributed by atoms with Gasteiger partial charge in [0.05, 0.1) is 10.2 Å². The van der Waals surface area contributed by atoms with Crippen LogP contribution in [0.4, 0.5) is 0 Å². The number of carbonyl (C=O) groups is 1. The molecule has 1 aliphatic carbocycles. The maximum Gasteiger partial charge on any atom is 0.271 e. The zero-order chi connectivity index (χ0) is 19.2. The molecule has 0 radical (unpaired) electrons. The maximum atomic E-state index is 12.2. The van der Waals surface area contributed by atoms with Crippen molar-refractivity contribution in [3.8, 4) is 0 Å². The van der Waals surface area contributed by atoms with Gasteiger partial charge in [0.25, 0.3) is 5.91 Å². The van der Waals surface area contributed by atoms with E-state index in [0.717, 1.165) is 15.6 Å². The van der Waals surface area contributed by atoms with E-state index in [4.69, 9.17) is 0 Å². The second-order valence-electron chi connectivity index (χ2n) is 7.05. The summed E-state index contributed by atoms with van der Waals surface area (Å²) in [4.78, 5) is 16.9. The first kappa shape index (κ1) is 19.2. The van der Waals surface area contributed by atoms with Crippen LogP contribution in [0.1, 0.15) is 48.0 Å². The van der Waals surface area contributed by atoms with E-state index in [1.807, 2.05) is 48.7 Å². The van der Waals surface area contributed by atoms with Crippen LogP contribution in [0.5, 0.6) is 0 Å². The number of hydrogen-bond donors (Lipinski definition) is 1. The summed E-state index contributed by atoms with van der Waals surface area (Å²) in [5.74, 6) is 1.19. The molecule has 1 heterocycles. The van der Waals surface area contributed by atoms with Crippen LogP contribution in [0.25, 0.3) is 10.2 Å². The molecule has 144 valence electrons. The minimum Gasteiger partial charge on any atom is -0.267 e. The number of amides is 1. The highest BCUT2D eigenvalue weighted by Crippen LogP contribution is 2.31. The van der Waals surface area contributed by atoms with E-state index in [1.54, 1.807) is 23.1 Å². The molecule has 0 unspecified atom stereocenters. The van der Waals surface area contributed by atoms with E-state index in [-0.39, 0.29) is 5.91 Å². The van der Waals surface area contributed by atoms with Crippen molar-refractivity contribution in [2.24, 2.45) is 11.0 Å². The van der Waals surface area contributed by atoms with Crippen LogP contribution < -0.4 is 5.43 Å². The Morgan fingerprint density at radius 3 is 2.71 bits per heavy atom. The molecule has 4 rings (SSSR count). The van der Waals surface area contributed by atoms with Gasteiger partial charge in [-0.05, 0) is 48.6 Å². The molecular formula is C22H23N3OS2. The monoisotopic (exact) mass is 409 g/mol. The maximum absolute atomic E-state index is 12.2. The SMILES string of the molecule is O=C(N/N=C\C1CCCCC1)c1ccc(CSc2nc3ccccc3s2)cc1. The first-order valence-electron chi connectivity index (χ1n) is 9.69. The van der Waals surface area contributed by atoms with Crippen LogP contribution in [-0.4, -0.2) is 17.1 Å². The van der Waals surface area contributed by atoms with Gasteiger partial charge in [0, 0.05) is 17.5 Å². The number of nitrogens with zero attached hydrogens (tertiary/aromatic N) is 2. The van der Waals surface area contributed by atoms with E-state index in [1.165, 1.54) is 42.4 Å². The van der Waals surface area contributed by atoms with E-state index in [2.05, 4.69) is 21.6 Å². The first-order valence-corrected chi connectivity index (χ1v) is 11.5. The normalized spacial score (nSPS) is 15.3. The fourth-order valence-electron chi connectivity index (χ4n) is 3.36. The highest BCUT2D eigenvalue weighted by Gasteiger charge is 2.11. The number of nitrogens with one attached hydrogen (secondary N) is 1. The molecule has 1 N–H and O–H groups in total. The fourth-order valence-corrected chi connectivity index (χ4v) is 5.38. The third-order valence-electron chi connectivity index (χ3n) is 4.95. The standard InChI is InChI=1S/C22H23N3OS2/c26-21(25-23-14-16-6-2-1-3-7-16)18-12-10-17(11-13-18)15-27-22-24-19-8-4-5-9-20(19)28-22/h4-5,8-14,16H,1-3,6-7,15H2,(H,25,26)/b23-14-. The number of para-hydroxylation sites is 1. The van der Waals surface area contributed by atoms with Gasteiger partial charge in [0.2, 0.25) is 0 Å². The number of carbonyl (C=O) groups excluding carboxylic acids is 1. The summed E-state index contributed by atoms with van der Waals surface area (Å²) < 4.78 is 2.28. The lowest BCUT2D eigenvalue weighted by molar-refractivity contribution is 0.0955. The van der Waals surface area contributed by atoms with E-state index < -0.39 is 0 Å². The molecular weight excluding hydrogens is 386 g/mol. The number of fused-ring (bicyclic) bond motifs is 1. The molecule has 1 saturated carbocycles. The molecule has 1 amide bonds. The predicted octanol–water partition coefficient (Wildman–Crippen LogP) is 5.88. The first-order chi connectivity index (χ1) is 13.8. The largest absolute Gasteiger partial charge is 0.271 e. The minimum atomic E-state index is -0.155. The van der Waals surface area contributed by atoms with Gasteiger partial charge in [-0.1, -0.05) is 55.3 Å². The summed E-state index contributed by atoms with van der Waals surface area (Å²) in [6.45, 7) is 0. The van der Waals surface area contributed by atoms with Crippen LogP contribution in [0, 0.1) is 5.92 Å². The highest BCUT2D eigenvalue weighted by atomic mass is 32.2. The molecule has 0 aliphatic heterocycles. The molecule has 3 aromatic rings. The molecule has 1 fully saturated rings. The lowest BCUT2D eigenvalue weighted by atomic mass is 9.90. The smallest absolute Gasteiger partial charge is 0.267 e. The molecule has 4 nitrogen and oxygen atoms in total. The lowest BCUT2D eigenvalue weighted by Crippen LogP contribution is -2.19. The van der Waals surface area contributed by atoms with Crippen molar-refractivity contribution in [3.63, 3.8) is 0 Å². The Kier molecular flexibility index (Phi) is 6.39. The van der Waals surface area contributed by atoms with Gasteiger partial charge in [0.1, 0.15) is 0 Å². The van der Waals surface area contributed by atoms with Crippen molar-refractivity contribution in [1.82, 2.24) is 10.4 Å². The van der Waals surface area contributed by atoms with Gasteiger partial charge in [-0.15, -0.1) is 11.3 Å². The van der Waals surface area contributed by atoms with E-state index in [9.17, 15) is 4.79 Å². The molecule has 0 atom stereocenters. The second-order valence-corrected chi connectivity index (χ2v) is 9.30. The highest BCUT2D eigenvalue weighted by molar-refractivity contribution is 8.00. The molecule has 6 heteroatoms. The summed E-state index contributed by atoms with van der Waals surface area (Å²) in [5, 5.41) is 4.15. The Balaban J connectivity index is 1.29. The summed E-state index contributed by atoms with van der Waals surface area (Å²) >= 11 is 3.44. The molecule has 1 aliphatic rings. The van der Waals surface area contributed by atoms with Crippen molar-refractivity contribution < 1.29 is 4.79 Å². The van der Waals surface area contributed by atoms with Crippen molar-refractivity contribution in [1.29, 1.82) is 0 Å². The molecule has 28 heavy (non-hydrogen) atoms. The number of aromatic nitrogens is 1. The van der Waals surface area contributed by atoms with Crippen molar-refractivity contribution in [2.75, 3.05) is 0 Å². The number of thiazole rings is 1. The average Bonchev–Trinajstić information content (AvgIpc) is 3.16. The molecule has 0 saturated heterocycles. The van der Waals surface area contributed by atoms with Gasteiger partial charge < -0.3 is 0 Å². The quantitative estimate of drug-likeness (QED) is 0.314. The van der Waals surface area contributed by atoms with Gasteiger partial charge in [-0.2, -0.15) is 5.10 Å². The second kappa shape index (κ2) is 9.34. The Bertz CT molecular complexity index is 926. The van der Waals surface area contributed by atoms with Crippen molar-refractivity contribution in [2.45, 2.75) is 42.2 Å². The lowest BCUT2D eigenvalue weighted by Gasteiger charge is -2.16. The third-order valence-corrected chi connectivity index (χ3v) is 7.20. The van der Waals surface area contributed by atoms with Crippen LogP contribution in [0.3, 0.4) is 0 Å². The number of benzene rings is 2. The van der Waals surface area contributed by atoms with Crippen LogP contribution in [0.2, 0.25) is 0 Å². The van der Waals surface area contributed by atoms with Crippen LogP contribution >= 0.6 is 23.1 Å². The Morgan fingerprint density at radius 2 is 1.93 bits per heavy atom. The number of hydrogen-bond acceptors (Lipinski definition) is 5. The molecule has 0 bridgehead atoms. The number of rotatable bonds is 6. The molecule has 1 aromatic heterocycles.